The third kappa shape index (κ3) is 1.39. The Hall–Kier alpha value is 0.480. The normalized spacial score (nSPS) is 30.4. The highest BCUT2D eigenvalue weighted by molar-refractivity contribution is 6.64. The lowest BCUT2D eigenvalue weighted by Crippen LogP contribution is -2.64. The van der Waals surface area contributed by atoms with Crippen molar-refractivity contribution in [3.8, 4) is 0 Å². The van der Waals surface area contributed by atoms with Gasteiger partial charge in [0.05, 0.1) is 0 Å². The van der Waals surface area contributed by atoms with Gasteiger partial charge < -0.3 is 0 Å². The molecule has 16 heavy (non-hydrogen) atoms. The van der Waals surface area contributed by atoms with Crippen molar-refractivity contribution in [1.29, 1.82) is 0 Å². The molecule has 1 aliphatic carbocycles. The van der Waals surface area contributed by atoms with Crippen molar-refractivity contribution in [2.45, 2.75) is 20.5 Å². The lowest BCUT2D eigenvalue weighted by molar-refractivity contribution is -0.212. The molecule has 0 unspecified atom stereocenters. The van der Waals surface area contributed by atoms with E-state index >= 15 is 0 Å². The van der Waals surface area contributed by atoms with E-state index in [1.807, 2.05) is 0 Å². The molecule has 0 bridgehead atoms. The number of alkyl halides is 8. The molecular formula is C6Cl4F6. The molecule has 0 atom stereocenters. The molecule has 0 aromatic carbocycles. The first-order valence-corrected chi connectivity index (χ1v) is 4.90. The standard InChI is InChI=1S/C6Cl4F6/c7-3(8)1(11)2(12)4(13,14)6(15,16)5(3,9)10. The Bertz CT molecular complexity index is 326. The number of hydrogen-bond acceptors (Lipinski definition) is 0. The SMILES string of the molecule is FC1=C(F)C(Cl)(Cl)C(Cl)(Cl)C(F)(F)C1(F)F. The van der Waals surface area contributed by atoms with Crippen LogP contribution in [0, 0.1) is 0 Å². The van der Waals surface area contributed by atoms with Crippen molar-refractivity contribution >= 4 is 46.4 Å². The molecule has 0 N–H and O–H groups in total. The van der Waals surface area contributed by atoms with Gasteiger partial charge >= 0.3 is 11.8 Å². The third-order valence-electron chi connectivity index (χ3n) is 1.93. The molecular weight excluding hydrogens is 328 g/mol. The average Bonchev–Trinajstić information content (AvgIpc) is 2.12. The number of rotatable bonds is 0. The van der Waals surface area contributed by atoms with Crippen molar-refractivity contribution in [2.75, 3.05) is 0 Å². The van der Waals surface area contributed by atoms with Crippen LogP contribution in [0.15, 0.2) is 11.7 Å². The molecule has 0 aromatic heterocycles. The van der Waals surface area contributed by atoms with Crippen LogP contribution in [0.3, 0.4) is 0 Å². The molecule has 0 aliphatic heterocycles. The van der Waals surface area contributed by atoms with E-state index in [-0.39, 0.29) is 0 Å². The second kappa shape index (κ2) is 3.49. The Kier molecular flexibility index (Phi) is 3.17. The summed E-state index contributed by atoms with van der Waals surface area (Å²) in [6, 6.07) is 0. The first kappa shape index (κ1) is 14.5. The first-order valence-electron chi connectivity index (χ1n) is 3.39. The smallest absolute Gasteiger partial charge is 0.205 e. The minimum atomic E-state index is -5.53. The fourth-order valence-corrected chi connectivity index (χ4v) is 1.75. The lowest BCUT2D eigenvalue weighted by atomic mass is 9.95. The highest BCUT2D eigenvalue weighted by Crippen LogP contribution is 2.65. The van der Waals surface area contributed by atoms with E-state index in [0.29, 0.717) is 0 Å². The van der Waals surface area contributed by atoms with Crippen LogP contribution >= 0.6 is 46.4 Å². The molecule has 0 fully saturated rings. The monoisotopic (exact) mass is 326 g/mol. The maximum Gasteiger partial charge on any atom is 0.366 e. The Morgan fingerprint density at radius 2 is 1.12 bits per heavy atom. The fourth-order valence-electron chi connectivity index (χ4n) is 0.946. The van der Waals surface area contributed by atoms with Crippen molar-refractivity contribution in [1.82, 2.24) is 0 Å². The molecule has 0 saturated carbocycles. The van der Waals surface area contributed by atoms with E-state index < -0.39 is 32.2 Å². The molecule has 1 aliphatic rings. The molecule has 10 heteroatoms. The average molecular weight is 328 g/mol. The fraction of sp³-hybridized carbons (Fsp3) is 0.667. The van der Waals surface area contributed by atoms with Gasteiger partial charge in [0.15, 0.2) is 5.83 Å². The zero-order chi connectivity index (χ0) is 13.2. The van der Waals surface area contributed by atoms with Gasteiger partial charge in [-0.3, -0.25) is 0 Å². The summed E-state index contributed by atoms with van der Waals surface area (Å²) in [5.74, 6) is -16.6. The minimum Gasteiger partial charge on any atom is -0.205 e. The van der Waals surface area contributed by atoms with E-state index in [1.165, 1.54) is 0 Å². The van der Waals surface area contributed by atoms with E-state index in [1.54, 1.807) is 0 Å². The van der Waals surface area contributed by atoms with E-state index in [2.05, 4.69) is 0 Å². The topological polar surface area (TPSA) is 0 Å². The van der Waals surface area contributed by atoms with Gasteiger partial charge in [0.25, 0.3) is 0 Å². The van der Waals surface area contributed by atoms with Gasteiger partial charge in [-0.1, -0.05) is 46.4 Å². The van der Waals surface area contributed by atoms with Crippen LogP contribution in [0.4, 0.5) is 26.3 Å². The van der Waals surface area contributed by atoms with Gasteiger partial charge in [-0.15, -0.1) is 0 Å². The molecule has 0 nitrogen and oxygen atoms in total. The van der Waals surface area contributed by atoms with Gasteiger partial charge in [-0.05, 0) is 0 Å². The van der Waals surface area contributed by atoms with E-state index in [0.717, 1.165) is 0 Å². The van der Waals surface area contributed by atoms with Crippen LogP contribution < -0.4 is 0 Å². The third-order valence-corrected chi connectivity index (χ3v) is 4.25. The lowest BCUT2D eigenvalue weighted by Gasteiger charge is -2.44. The van der Waals surface area contributed by atoms with Crippen LogP contribution in [0.5, 0.6) is 0 Å². The summed E-state index contributed by atoms with van der Waals surface area (Å²) in [7, 11) is 0. The van der Waals surface area contributed by atoms with Gasteiger partial charge in [0.1, 0.15) is 0 Å². The quantitative estimate of drug-likeness (QED) is 0.444. The minimum absolute atomic E-state index is 2.54. The zero-order valence-electron chi connectivity index (χ0n) is 6.78. The van der Waals surface area contributed by atoms with Gasteiger partial charge in [-0.25, -0.2) is 8.78 Å². The Morgan fingerprint density at radius 3 is 1.50 bits per heavy atom. The van der Waals surface area contributed by atoms with Crippen molar-refractivity contribution in [3.63, 3.8) is 0 Å². The van der Waals surface area contributed by atoms with Gasteiger partial charge in [0.2, 0.25) is 14.5 Å². The zero-order valence-corrected chi connectivity index (χ0v) is 9.80. The molecule has 0 radical (unpaired) electrons. The first-order chi connectivity index (χ1) is 6.82. The van der Waals surface area contributed by atoms with Crippen LogP contribution in [-0.4, -0.2) is 20.5 Å². The summed E-state index contributed by atoms with van der Waals surface area (Å²) >= 11 is 19.5. The van der Waals surface area contributed by atoms with Crippen LogP contribution in [-0.2, 0) is 0 Å². The van der Waals surface area contributed by atoms with E-state index in [4.69, 9.17) is 46.4 Å². The summed E-state index contributed by atoms with van der Waals surface area (Å²) in [5.41, 5.74) is 0. The Balaban J connectivity index is 3.64. The molecule has 0 spiro atoms. The van der Waals surface area contributed by atoms with Crippen LogP contribution in [0.1, 0.15) is 0 Å². The molecule has 0 saturated heterocycles. The van der Waals surface area contributed by atoms with Gasteiger partial charge in [0, 0.05) is 0 Å². The molecule has 0 amide bonds. The molecule has 94 valence electrons. The molecule has 0 aromatic rings. The van der Waals surface area contributed by atoms with Crippen molar-refractivity contribution < 1.29 is 26.3 Å². The van der Waals surface area contributed by atoms with Crippen molar-refractivity contribution in [2.24, 2.45) is 0 Å². The maximum atomic E-state index is 13.1. The second-order valence-corrected chi connectivity index (χ2v) is 5.58. The molecule has 1 rings (SSSR count). The Morgan fingerprint density at radius 1 is 0.750 bits per heavy atom. The van der Waals surface area contributed by atoms with Crippen molar-refractivity contribution in [3.05, 3.63) is 11.7 Å². The summed E-state index contributed by atoms with van der Waals surface area (Å²) in [4.78, 5) is 0. The van der Waals surface area contributed by atoms with E-state index in [9.17, 15) is 26.3 Å². The molecule has 0 heterocycles. The summed E-state index contributed by atoms with van der Waals surface area (Å²) in [6.45, 7) is 0. The highest BCUT2D eigenvalue weighted by Gasteiger charge is 2.81. The van der Waals surface area contributed by atoms with Crippen LogP contribution in [0.2, 0.25) is 0 Å². The second-order valence-electron chi connectivity index (χ2n) is 2.93. The number of halogens is 10. The van der Waals surface area contributed by atoms with Gasteiger partial charge in [-0.2, -0.15) is 17.6 Å². The predicted molar refractivity (Wildman–Crippen MR) is 48.0 cm³/mol. The highest BCUT2D eigenvalue weighted by atomic mass is 35.5. The number of hydrogen-bond donors (Lipinski definition) is 0. The largest absolute Gasteiger partial charge is 0.366 e. The Labute approximate surface area is 105 Å². The summed E-state index contributed by atoms with van der Waals surface area (Å²) < 4.78 is 69.8. The summed E-state index contributed by atoms with van der Waals surface area (Å²) in [5, 5.41) is 0. The maximum absolute atomic E-state index is 13.1. The van der Waals surface area contributed by atoms with Crippen LogP contribution in [0.25, 0.3) is 0 Å². The predicted octanol–water partition coefficient (Wildman–Crippen LogP) is 4.77. The summed E-state index contributed by atoms with van der Waals surface area (Å²) in [6.07, 6.45) is 0. The number of allylic oxidation sites excluding steroid dienone is 2.